The maximum Gasteiger partial charge on any atom is 0.129 e. The molecular weight excluding hydrogens is 223 g/mol. The summed E-state index contributed by atoms with van der Waals surface area (Å²) in [7, 11) is 5.87. The van der Waals surface area contributed by atoms with E-state index in [0.29, 0.717) is 0 Å². The lowest BCUT2D eigenvalue weighted by molar-refractivity contribution is 0.401. The molecule has 5 heteroatoms. The van der Waals surface area contributed by atoms with Crippen molar-refractivity contribution < 1.29 is 9.47 Å². The van der Waals surface area contributed by atoms with Crippen LogP contribution in [0.4, 0.5) is 0 Å². The molecule has 4 nitrogen and oxygen atoms in total. The van der Waals surface area contributed by atoms with Gasteiger partial charge in [-0.15, -0.1) is 0 Å². The van der Waals surface area contributed by atoms with Crippen LogP contribution in [-0.4, -0.2) is 24.2 Å². The molecule has 0 spiro atoms. The summed E-state index contributed by atoms with van der Waals surface area (Å²) in [5, 5.41) is 0.956. The maximum absolute atomic E-state index is 5.09. The van der Waals surface area contributed by atoms with Crippen molar-refractivity contribution in [2.75, 3.05) is 14.2 Å². The standard InChI is InChI=1S/C8H11O2P.C3H4N2/c1-9-6-4-3-5-7(10-2)8(6)11;1-2-5-3-4-1/h3-5H,11H2,1-2H3;1-3H,(H,4,5). The quantitative estimate of drug-likeness (QED) is 0.808. The molecule has 0 radical (unpaired) electrons. The number of benzene rings is 1. The first-order valence-corrected chi connectivity index (χ1v) is 5.26. The molecule has 2 rings (SSSR count). The Labute approximate surface area is 97.2 Å². The molecule has 0 aliphatic carbocycles. The lowest BCUT2D eigenvalue weighted by Crippen LogP contribution is -2.02. The van der Waals surface area contributed by atoms with E-state index in [1.807, 2.05) is 18.2 Å². The minimum Gasteiger partial charge on any atom is -0.496 e. The van der Waals surface area contributed by atoms with E-state index < -0.39 is 0 Å². The Bertz CT molecular complexity index is 365. The van der Waals surface area contributed by atoms with Crippen LogP contribution in [0.15, 0.2) is 36.9 Å². The van der Waals surface area contributed by atoms with Crippen LogP contribution >= 0.6 is 9.24 Å². The summed E-state index contributed by atoms with van der Waals surface area (Å²) in [6.45, 7) is 0. The summed E-state index contributed by atoms with van der Waals surface area (Å²) < 4.78 is 10.2. The fraction of sp³-hybridized carbons (Fsp3) is 0.182. The number of methoxy groups -OCH3 is 2. The summed E-state index contributed by atoms with van der Waals surface area (Å²) in [4.78, 5) is 6.42. The van der Waals surface area contributed by atoms with Crippen molar-refractivity contribution in [2.45, 2.75) is 0 Å². The average Bonchev–Trinajstić information content (AvgIpc) is 2.88. The number of hydrogen-bond donors (Lipinski definition) is 1. The van der Waals surface area contributed by atoms with E-state index in [1.54, 1.807) is 32.9 Å². The number of aromatic amines is 1. The molecular formula is C11H15N2O2P. The smallest absolute Gasteiger partial charge is 0.129 e. The van der Waals surface area contributed by atoms with E-state index in [0.717, 1.165) is 16.8 Å². The van der Waals surface area contributed by atoms with E-state index in [2.05, 4.69) is 19.2 Å². The number of nitrogens with one attached hydrogen (secondary N) is 1. The van der Waals surface area contributed by atoms with Crippen molar-refractivity contribution in [3.05, 3.63) is 36.9 Å². The second-order valence-electron chi connectivity index (χ2n) is 2.84. The van der Waals surface area contributed by atoms with Crippen molar-refractivity contribution in [3.63, 3.8) is 0 Å². The van der Waals surface area contributed by atoms with Gasteiger partial charge in [-0.05, 0) is 12.1 Å². The van der Waals surface area contributed by atoms with Gasteiger partial charge in [-0.1, -0.05) is 15.3 Å². The molecule has 0 saturated heterocycles. The summed E-state index contributed by atoms with van der Waals surface area (Å²) in [5.41, 5.74) is 0. The third kappa shape index (κ3) is 3.55. The van der Waals surface area contributed by atoms with Crippen molar-refractivity contribution in [1.29, 1.82) is 0 Å². The van der Waals surface area contributed by atoms with Crippen LogP contribution < -0.4 is 14.8 Å². The molecule has 1 heterocycles. The van der Waals surface area contributed by atoms with E-state index in [-0.39, 0.29) is 0 Å². The third-order valence-corrected chi connectivity index (χ3v) is 2.44. The minimum atomic E-state index is 0.828. The molecule has 1 atom stereocenters. The second kappa shape index (κ2) is 6.85. The molecule has 1 aromatic heterocycles. The van der Waals surface area contributed by atoms with E-state index in [4.69, 9.17) is 9.47 Å². The number of hydrogen-bond acceptors (Lipinski definition) is 3. The zero-order valence-electron chi connectivity index (χ0n) is 9.31. The molecule has 0 saturated carbocycles. The third-order valence-electron chi connectivity index (χ3n) is 1.87. The predicted octanol–water partition coefficient (Wildman–Crippen LogP) is 1.61. The highest BCUT2D eigenvalue weighted by atomic mass is 31.0. The summed E-state index contributed by atoms with van der Waals surface area (Å²) >= 11 is 0. The van der Waals surface area contributed by atoms with Crippen LogP contribution in [0.2, 0.25) is 0 Å². The predicted molar refractivity (Wildman–Crippen MR) is 67.5 cm³/mol. The fourth-order valence-corrected chi connectivity index (χ4v) is 1.52. The maximum atomic E-state index is 5.09. The highest BCUT2D eigenvalue weighted by Gasteiger charge is 2.02. The highest BCUT2D eigenvalue weighted by molar-refractivity contribution is 7.28. The first-order chi connectivity index (χ1) is 7.79. The molecule has 0 fully saturated rings. The second-order valence-corrected chi connectivity index (χ2v) is 3.41. The molecule has 1 unspecified atom stereocenters. The molecule has 0 aliphatic heterocycles. The molecule has 16 heavy (non-hydrogen) atoms. The van der Waals surface area contributed by atoms with Crippen LogP contribution in [-0.2, 0) is 0 Å². The van der Waals surface area contributed by atoms with Gasteiger partial charge >= 0.3 is 0 Å². The number of H-pyrrole nitrogens is 1. The van der Waals surface area contributed by atoms with Gasteiger partial charge in [-0.25, -0.2) is 4.98 Å². The van der Waals surface area contributed by atoms with Gasteiger partial charge in [0.1, 0.15) is 11.5 Å². The highest BCUT2D eigenvalue weighted by Crippen LogP contribution is 2.18. The van der Waals surface area contributed by atoms with E-state index in [9.17, 15) is 0 Å². The van der Waals surface area contributed by atoms with Crippen molar-refractivity contribution in [3.8, 4) is 11.5 Å². The Morgan fingerprint density at radius 2 is 1.81 bits per heavy atom. The lowest BCUT2D eigenvalue weighted by Gasteiger charge is -2.07. The Morgan fingerprint density at radius 3 is 2.12 bits per heavy atom. The van der Waals surface area contributed by atoms with Crippen LogP contribution in [0, 0.1) is 0 Å². The molecule has 0 amide bonds. The fourth-order valence-electron chi connectivity index (χ4n) is 1.10. The van der Waals surface area contributed by atoms with Crippen LogP contribution in [0.3, 0.4) is 0 Å². The van der Waals surface area contributed by atoms with Gasteiger partial charge in [0.25, 0.3) is 0 Å². The topological polar surface area (TPSA) is 47.1 Å². The van der Waals surface area contributed by atoms with Crippen LogP contribution in [0.25, 0.3) is 0 Å². The number of ether oxygens (including phenoxy) is 2. The number of nitrogens with zero attached hydrogens (tertiary/aromatic N) is 1. The zero-order chi connectivity index (χ0) is 11.8. The van der Waals surface area contributed by atoms with Gasteiger partial charge < -0.3 is 14.5 Å². The summed E-state index contributed by atoms with van der Waals surface area (Å²) in [6.07, 6.45) is 5.08. The number of aromatic nitrogens is 2. The van der Waals surface area contributed by atoms with Crippen LogP contribution in [0.5, 0.6) is 11.5 Å². The van der Waals surface area contributed by atoms with Crippen molar-refractivity contribution >= 4 is 14.5 Å². The first kappa shape index (κ1) is 12.5. The van der Waals surface area contributed by atoms with E-state index >= 15 is 0 Å². The monoisotopic (exact) mass is 238 g/mol. The Morgan fingerprint density at radius 1 is 1.19 bits per heavy atom. The summed E-state index contributed by atoms with van der Waals surface area (Å²) in [6, 6.07) is 5.68. The number of rotatable bonds is 2. The van der Waals surface area contributed by atoms with Gasteiger partial charge in [0, 0.05) is 12.4 Å². The average molecular weight is 238 g/mol. The van der Waals surface area contributed by atoms with Gasteiger partial charge in [0.15, 0.2) is 0 Å². The molecule has 1 aromatic carbocycles. The Hall–Kier alpha value is -1.54. The van der Waals surface area contributed by atoms with Crippen molar-refractivity contribution in [2.24, 2.45) is 0 Å². The van der Waals surface area contributed by atoms with E-state index in [1.165, 1.54) is 0 Å². The normalized spacial score (nSPS) is 8.94. The lowest BCUT2D eigenvalue weighted by atomic mass is 10.3. The Kier molecular flexibility index (Phi) is 5.37. The van der Waals surface area contributed by atoms with Crippen LogP contribution in [0.1, 0.15) is 0 Å². The molecule has 0 bridgehead atoms. The summed E-state index contributed by atoms with van der Waals surface area (Å²) in [5.74, 6) is 1.66. The molecule has 2 aromatic rings. The van der Waals surface area contributed by atoms with Gasteiger partial charge in [0.2, 0.25) is 0 Å². The Balaban J connectivity index is 0.000000212. The van der Waals surface area contributed by atoms with Gasteiger partial charge in [-0.2, -0.15) is 0 Å². The van der Waals surface area contributed by atoms with Gasteiger partial charge in [0.05, 0.1) is 25.9 Å². The molecule has 0 aliphatic rings. The zero-order valence-corrected chi connectivity index (χ0v) is 10.5. The molecule has 1 N–H and O–H groups in total. The molecule has 86 valence electrons. The van der Waals surface area contributed by atoms with Gasteiger partial charge in [-0.3, -0.25) is 0 Å². The van der Waals surface area contributed by atoms with Crippen molar-refractivity contribution in [1.82, 2.24) is 9.97 Å². The minimum absolute atomic E-state index is 0.828. The number of imidazole rings is 1. The first-order valence-electron chi connectivity index (χ1n) is 4.68. The SMILES string of the molecule is COc1cccc(OC)c1P.c1c[nH]cn1. The largest absolute Gasteiger partial charge is 0.496 e.